The average molecular weight is 466 g/mol. The van der Waals surface area contributed by atoms with E-state index in [9.17, 15) is 4.79 Å². The van der Waals surface area contributed by atoms with E-state index in [1.165, 1.54) is 6.39 Å². The Kier molecular flexibility index (Phi) is 6.01. The minimum atomic E-state index is -0.300. The van der Waals surface area contributed by atoms with Gasteiger partial charge in [0.05, 0.1) is 42.5 Å². The number of H-pyrrole nitrogens is 2. The first-order valence-electron chi connectivity index (χ1n) is 10.4. The van der Waals surface area contributed by atoms with Gasteiger partial charge in [-0.05, 0) is 13.8 Å². The number of pyridine rings is 1. The lowest BCUT2D eigenvalue weighted by molar-refractivity contribution is 0.356. The molecule has 5 aromatic rings. The number of anilines is 1. The molecule has 0 fully saturated rings. The van der Waals surface area contributed by atoms with Crippen LogP contribution in [0.5, 0.6) is 11.5 Å². The minimum Gasteiger partial charge on any atom is -0.493 e. The van der Waals surface area contributed by atoms with Gasteiger partial charge in [-0.3, -0.25) is 9.48 Å². The number of fused-ring (bicyclic) bond motifs is 2. The van der Waals surface area contributed by atoms with Gasteiger partial charge in [-0.15, -0.1) is 0 Å². The molecular weight excluding hydrogens is 438 g/mol. The second-order valence-corrected chi connectivity index (χ2v) is 7.54. The molecule has 1 aromatic carbocycles. The first-order chi connectivity index (χ1) is 16.0. The summed E-state index contributed by atoms with van der Waals surface area (Å²) < 4.78 is 17.7. The number of nitrogens with one attached hydrogen (secondary N) is 3. The number of rotatable bonds is 7. The summed E-state index contributed by atoms with van der Waals surface area (Å²) in [4.78, 5) is 28.3. The van der Waals surface area contributed by atoms with E-state index in [-0.39, 0.29) is 19.0 Å². The molecule has 34 heavy (non-hydrogen) atoms. The molecule has 4 heterocycles. The van der Waals surface area contributed by atoms with Gasteiger partial charge in [0.2, 0.25) is 0 Å². The molecule has 178 valence electrons. The number of aromatic amines is 2. The summed E-state index contributed by atoms with van der Waals surface area (Å²) >= 11 is 0. The number of nitrogens with zero attached hydrogens (tertiary/aromatic N) is 4. The zero-order chi connectivity index (χ0) is 23.1. The Balaban J connectivity index is 0.00000274. The molecule has 11 heteroatoms. The molecule has 3 N–H and O–H groups in total. The van der Waals surface area contributed by atoms with Crippen LogP contribution in [-0.4, -0.2) is 43.9 Å². The maximum atomic E-state index is 13.3. The highest BCUT2D eigenvalue weighted by atomic mass is 16.5. The Hall–Kier alpha value is -4.28. The molecule has 0 aliphatic carbocycles. The monoisotopic (exact) mass is 465 g/mol. The van der Waals surface area contributed by atoms with Crippen LogP contribution in [0.3, 0.4) is 0 Å². The Labute approximate surface area is 195 Å². The summed E-state index contributed by atoms with van der Waals surface area (Å²) in [5.41, 5.74) is 3.88. The molecule has 0 amide bonds. The third-order valence-corrected chi connectivity index (χ3v) is 5.53. The highest BCUT2D eigenvalue weighted by Gasteiger charge is 2.23. The van der Waals surface area contributed by atoms with Crippen molar-refractivity contribution in [2.24, 2.45) is 0 Å². The highest BCUT2D eigenvalue weighted by Crippen LogP contribution is 2.35. The number of benzene rings is 1. The van der Waals surface area contributed by atoms with E-state index in [4.69, 9.17) is 13.9 Å². The van der Waals surface area contributed by atoms with E-state index in [1.54, 1.807) is 43.5 Å². The molecule has 4 aromatic heterocycles. The van der Waals surface area contributed by atoms with Gasteiger partial charge < -0.3 is 29.2 Å². The molecule has 0 saturated carbocycles. The molecule has 0 spiro atoms. The average Bonchev–Trinajstić information content (AvgIpc) is 3.56. The number of aromatic nitrogens is 6. The van der Waals surface area contributed by atoms with Gasteiger partial charge in [0.1, 0.15) is 28.9 Å². The van der Waals surface area contributed by atoms with Crippen LogP contribution in [0.2, 0.25) is 0 Å². The van der Waals surface area contributed by atoms with Crippen molar-refractivity contribution in [2.45, 2.75) is 33.9 Å². The second-order valence-electron chi connectivity index (χ2n) is 7.54. The third kappa shape index (κ3) is 3.74. The predicted octanol–water partition coefficient (Wildman–Crippen LogP) is 4.10. The van der Waals surface area contributed by atoms with Crippen LogP contribution < -0.4 is 20.3 Å². The Morgan fingerprint density at radius 1 is 1.18 bits per heavy atom. The highest BCUT2D eigenvalue weighted by molar-refractivity contribution is 5.96. The second kappa shape index (κ2) is 8.93. The topological polar surface area (TPSA) is 136 Å². The quantitative estimate of drug-likeness (QED) is 0.327. The lowest BCUT2D eigenvalue weighted by Gasteiger charge is -2.15. The first-order valence-corrected chi connectivity index (χ1v) is 10.4. The van der Waals surface area contributed by atoms with Crippen LogP contribution in [0.25, 0.3) is 33.5 Å². The van der Waals surface area contributed by atoms with Crippen molar-refractivity contribution in [2.75, 3.05) is 19.5 Å². The van der Waals surface area contributed by atoms with E-state index in [0.717, 1.165) is 0 Å². The molecule has 0 aliphatic heterocycles. The molecule has 0 bridgehead atoms. The molecular formula is C23H27N7O4. The zero-order valence-corrected chi connectivity index (χ0v) is 18.6. The van der Waals surface area contributed by atoms with Crippen LogP contribution in [0.1, 0.15) is 33.0 Å². The number of ether oxygens (including phenoxy) is 2. The Bertz CT molecular complexity index is 1460. The van der Waals surface area contributed by atoms with E-state index in [1.807, 2.05) is 13.8 Å². The maximum Gasteiger partial charge on any atom is 0.261 e. The van der Waals surface area contributed by atoms with Crippen molar-refractivity contribution in [1.82, 2.24) is 29.7 Å². The van der Waals surface area contributed by atoms with E-state index >= 15 is 0 Å². The predicted molar refractivity (Wildman–Crippen MR) is 129 cm³/mol. The largest absolute Gasteiger partial charge is 0.493 e. The minimum absolute atomic E-state index is 0. The summed E-state index contributed by atoms with van der Waals surface area (Å²) in [6.45, 7) is 4.57. The Morgan fingerprint density at radius 3 is 2.62 bits per heavy atom. The van der Waals surface area contributed by atoms with Crippen molar-refractivity contribution in [3.63, 3.8) is 0 Å². The van der Waals surface area contributed by atoms with Crippen molar-refractivity contribution in [3.05, 3.63) is 47.0 Å². The summed E-state index contributed by atoms with van der Waals surface area (Å²) in [5.74, 6) is 1.50. The first kappa shape index (κ1) is 22.9. The lowest BCUT2D eigenvalue weighted by Crippen LogP contribution is -2.16. The van der Waals surface area contributed by atoms with Gasteiger partial charge in [0, 0.05) is 24.9 Å². The summed E-state index contributed by atoms with van der Waals surface area (Å²) in [5, 5.41) is 8.05. The summed E-state index contributed by atoms with van der Waals surface area (Å²) in [6, 6.07) is 3.30. The fourth-order valence-electron chi connectivity index (χ4n) is 3.82. The third-order valence-electron chi connectivity index (χ3n) is 5.53. The van der Waals surface area contributed by atoms with Gasteiger partial charge in [-0.25, -0.2) is 9.97 Å². The zero-order valence-electron chi connectivity index (χ0n) is 18.6. The van der Waals surface area contributed by atoms with Gasteiger partial charge in [0.15, 0.2) is 17.9 Å². The lowest BCUT2D eigenvalue weighted by atomic mass is 10.1. The van der Waals surface area contributed by atoms with E-state index < -0.39 is 0 Å². The van der Waals surface area contributed by atoms with E-state index in [2.05, 4.69) is 30.4 Å². The number of oxazole rings is 1. The molecule has 5 rings (SSSR count). The maximum absolute atomic E-state index is 13.3. The van der Waals surface area contributed by atoms with Crippen LogP contribution in [-0.2, 0) is 6.54 Å². The van der Waals surface area contributed by atoms with Gasteiger partial charge in [-0.1, -0.05) is 7.43 Å². The molecule has 0 unspecified atom stereocenters. The van der Waals surface area contributed by atoms with E-state index in [0.29, 0.717) is 62.9 Å². The number of imidazole rings is 1. The molecule has 0 aliphatic rings. The standard InChI is InChI=1S/C22H23N7O4.CH4/c1-5-29-8-14-19(28-29)20(24-11(2)15-9-33-10-23-15)18(22(30)27-14)21-25-12-6-16(31-3)17(32-4)7-13(12)26-21;/h6-11,24H,5H2,1-4H3,(H,25,26)(H,27,30);1H4/t11-;/m1./s1. The SMILES string of the molecule is C.CCn1cc2[nH]c(=O)c(-c3nc4cc(OC)c(OC)cc4[nH]3)c(N[C@H](C)c3cocn3)c2n1. The normalized spacial score (nSPS) is 12.0. The molecule has 11 nitrogen and oxygen atoms in total. The molecule has 0 saturated heterocycles. The number of hydrogen-bond acceptors (Lipinski definition) is 8. The Morgan fingerprint density at radius 2 is 1.94 bits per heavy atom. The number of methoxy groups -OCH3 is 2. The van der Waals surface area contributed by atoms with Gasteiger partial charge in [-0.2, -0.15) is 5.10 Å². The van der Waals surface area contributed by atoms with Gasteiger partial charge in [0.25, 0.3) is 5.56 Å². The van der Waals surface area contributed by atoms with Crippen LogP contribution in [0.4, 0.5) is 5.69 Å². The number of aryl methyl sites for hydroxylation is 1. The number of hydrogen-bond donors (Lipinski definition) is 3. The van der Waals surface area contributed by atoms with Crippen LogP contribution in [0.15, 0.2) is 40.2 Å². The van der Waals surface area contributed by atoms with Crippen molar-refractivity contribution in [1.29, 1.82) is 0 Å². The van der Waals surface area contributed by atoms with Crippen molar-refractivity contribution < 1.29 is 13.9 Å². The molecule has 1 atom stereocenters. The smallest absolute Gasteiger partial charge is 0.261 e. The van der Waals surface area contributed by atoms with Crippen molar-refractivity contribution in [3.8, 4) is 22.9 Å². The molecule has 0 radical (unpaired) electrons. The fraction of sp³-hybridized carbons (Fsp3) is 0.304. The van der Waals surface area contributed by atoms with Crippen molar-refractivity contribution >= 4 is 27.8 Å². The summed E-state index contributed by atoms with van der Waals surface area (Å²) in [7, 11) is 3.13. The van der Waals surface area contributed by atoms with Crippen LogP contribution in [0, 0.1) is 0 Å². The fourth-order valence-corrected chi connectivity index (χ4v) is 3.82. The van der Waals surface area contributed by atoms with Crippen LogP contribution >= 0.6 is 0 Å². The summed E-state index contributed by atoms with van der Waals surface area (Å²) in [6.07, 6.45) is 4.74. The van der Waals surface area contributed by atoms with Gasteiger partial charge >= 0.3 is 0 Å².